The first-order valence-electron chi connectivity index (χ1n) is 6.88. The first-order chi connectivity index (χ1) is 11.4. The van der Waals surface area contributed by atoms with E-state index in [0.717, 1.165) is 13.3 Å². The molecule has 0 aliphatic heterocycles. The van der Waals surface area contributed by atoms with Gasteiger partial charge in [0, 0.05) is 6.20 Å². The van der Waals surface area contributed by atoms with Crippen molar-refractivity contribution in [2.45, 2.75) is 13.1 Å². The van der Waals surface area contributed by atoms with E-state index in [9.17, 15) is 18.0 Å². The summed E-state index contributed by atoms with van der Waals surface area (Å²) >= 11 is 0. The van der Waals surface area contributed by atoms with Gasteiger partial charge in [0.05, 0.1) is 19.4 Å². The number of carbonyl (C=O) groups excluding carboxylic acids is 1. The largest absolute Gasteiger partial charge is 0.492 e. The van der Waals surface area contributed by atoms with E-state index in [2.05, 4.69) is 20.0 Å². The van der Waals surface area contributed by atoms with Gasteiger partial charge in [-0.1, -0.05) is 12.1 Å². The number of alkyl halides is 3. The Hall–Kier alpha value is -2.84. The zero-order valence-electron chi connectivity index (χ0n) is 12.8. The number of halogens is 3. The van der Waals surface area contributed by atoms with Crippen molar-refractivity contribution in [3.05, 3.63) is 41.7 Å². The molecule has 6 nitrogen and oxygen atoms in total. The minimum Gasteiger partial charge on any atom is -0.492 e. The van der Waals surface area contributed by atoms with E-state index in [0.29, 0.717) is 18.0 Å². The summed E-state index contributed by atoms with van der Waals surface area (Å²) in [6, 6.07) is 6.66. The second kappa shape index (κ2) is 7.16. The van der Waals surface area contributed by atoms with E-state index < -0.39 is 23.4 Å². The molecule has 1 aromatic carbocycles. The van der Waals surface area contributed by atoms with Crippen LogP contribution in [0.5, 0.6) is 5.75 Å². The molecule has 0 atom stereocenters. The number of nitrogens with one attached hydrogen (secondary N) is 1. The Labute approximate surface area is 135 Å². The molecule has 1 aromatic heterocycles. The number of aromatic nitrogens is 2. The summed E-state index contributed by atoms with van der Waals surface area (Å²) in [7, 11) is 0.979. The average Bonchev–Trinajstić information content (AvgIpc) is 2.55. The number of nitrogens with zero attached hydrogens (tertiary/aromatic N) is 2. The van der Waals surface area contributed by atoms with Gasteiger partial charge in [0.15, 0.2) is 5.69 Å². The maximum absolute atomic E-state index is 13.1. The fourth-order valence-corrected chi connectivity index (χ4v) is 1.89. The average molecular weight is 341 g/mol. The fourth-order valence-electron chi connectivity index (χ4n) is 1.89. The Morgan fingerprint density at radius 2 is 2.00 bits per heavy atom. The number of methoxy groups -OCH3 is 1. The molecule has 0 radical (unpaired) electrons. The van der Waals surface area contributed by atoms with Crippen LogP contribution in [0, 0.1) is 0 Å². The standard InChI is InChI=1S/C15H14F3N3O3/c1-3-24-11-7-5-4-6-10(11)20-14-19-8-9(13(22)23-2)12(21-14)15(16,17)18/h4-8H,3H2,1-2H3,(H,19,20,21). The number of ether oxygens (including phenoxy) is 2. The second-order valence-corrected chi connectivity index (χ2v) is 4.50. The van der Waals surface area contributed by atoms with Crippen LogP contribution in [0.1, 0.15) is 23.0 Å². The van der Waals surface area contributed by atoms with Crippen molar-refractivity contribution in [3.8, 4) is 5.75 Å². The Kier molecular flexibility index (Phi) is 5.22. The van der Waals surface area contributed by atoms with Crippen LogP contribution in [0.4, 0.5) is 24.8 Å². The Balaban J connectivity index is 2.41. The molecule has 0 fully saturated rings. The van der Waals surface area contributed by atoms with Gasteiger partial charge in [-0.2, -0.15) is 13.2 Å². The van der Waals surface area contributed by atoms with Crippen LogP contribution in [-0.4, -0.2) is 29.7 Å². The number of hydrogen-bond donors (Lipinski definition) is 1. The fraction of sp³-hybridized carbons (Fsp3) is 0.267. The molecule has 1 heterocycles. The van der Waals surface area contributed by atoms with Gasteiger partial charge >= 0.3 is 12.1 Å². The minimum atomic E-state index is -4.83. The van der Waals surface area contributed by atoms with Crippen molar-refractivity contribution in [3.63, 3.8) is 0 Å². The minimum absolute atomic E-state index is 0.317. The molecular weight excluding hydrogens is 327 g/mol. The van der Waals surface area contributed by atoms with E-state index in [1.54, 1.807) is 31.2 Å². The van der Waals surface area contributed by atoms with Crippen LogP contribution in [0.25, 0.3) is 0 Å². The lowest BCUT2D eigenvalue weighted by atomic mass is 10.2. The summed E-state index contributed by atoms with van der Waals surface area (Å²) in [5, 5.41) is 2.65. The Morgan fingerprint density at radius 3 is 2.62 bits per heavy atom. The number of esters is 1. The maximum atomic E-state index is 13.1. The number of hydrogen-bond acceptors (Lipinski definition) is 6. The van der Waals surface area contributed by atoms with E-state index in [-0.39, 0.29) is 5.95 Å². The van der Waals surface area contributed by atoms with Gasteiger partial charge in [0.2, 0.25) is 5.95 Å². The third kappa shape index (κ3) is 3.92. The molecule has 128 valence electrons. The van der Waals surface area contributed by atoms with Crippen molar-refractivity contribution < 1.29 is 27.4 Å². The SMILES string of the molecule is CCOc1ccccc1Nc1ncc(C(=O)OC)c(C(F)(F)F)n1. The van der Waals surface area contributed by atoms with E-state index in [1.165, 1.54) is 0 Å². The molecule has 0 unspecified atom stereocenters. The molecule has 0 saturated carbocycles. The third-order valence-electron chi connectivity index (χ3n) is 2.90. The van der Waals surface area contributed by atoms with E-state index in [4.69, 9.17) is 4.74 Å². The molecule has 2 aromatic rings. The summed E-state index contributed by atoms with van der Waals surface area (Å²) < 4.78 is 49.0. The topological polar surface area (TPSA) is 73.3 Å². The van der Waals surface area contributed by atoms with Gasteiger partial charge in [0.25, 0.3) is 0 Å². The number of rotatable bonds is 5. The van der Waals surface area contributed by atoms with Gasteiger partial charge < -0.3 is 14.8 Å². The van der Waals surface area contributed by atoms with Gasteiger partial charge in [0.1, 0.15) is 11.3 Å². The molecule has 9 heteroatoms. The number of anilines is 2. The van der Waals surface area contributed by atoms with Gasteiger partial charge in [-0.25, -0.2) is 14.8 Å². The second-order valence-electron chi connectivity index (χ2n) is 4.50. The first kappa shape index (κ1) is 17.5. The Bertz CT molecular complexity index is 735. The van der Waals surface area contributed by atoms with Gasteiger partial charge in [-0.15, -0.1) is 0 Å². The molecule has 0 spiro atoms. The van der Waals surface area contributed by atoms with Crippen molar-refractivity contribution in [1.82, 2.24) is 9.97 Å². The van der Waals surface area contributed by atoms with Crippen LogP contribution in [0.3, 0.4) is 0 Å². The Morgan fingerprint density at radius 1 is 1.29 bits per heavy atom. The summed E-state index contributed by atoms with van der Waals surface area (Å²) in [4.78, 5) is 18.6. The zero-order chi connectivity index (χ0) is 17.7. The number of benzene rings is 1. The molecule has 0 aliphatic carbocycles. The molecule has 2 rings (SSSR count). The van der Waals surface area contributed by atoms with Crippen LogP contribution >= 0.6 is 0 Å². The summed E-state index contributed by atoms with van der Waals surface area (Å²) in [6.07, 6.45) is -4.06. The van der Waals surface area contributed by atoms with Crippen molar-refractivity contribution in [2.75, 3.05) is 19.0 Å². The zero-order valence-corrected chi connectivity index (χ0v) is 12.8. The summed E-state index contributed by atoms with van der Waals surface area (Å²) in [5.41, 5.74) is -1.73. The predicted molar refractivity (Wildman–Crippen MR) is 79.3 cm³/mol. The molecule has 0 bridgehead atoms. The molecule has 0 saturated heterocycles. The van der Waals surface area contributed by atoms with E-state index in [1.807, 2.05) is 0 Å². The lowest BCUT2D eigenvalue weighted by molar-refractivity contribution is -0.141. The van der Waals surface area contributed by atoms with Crippen molar-refractivity contribution in [1.29, 1.82) is 0 Å². The highest BCUT2D eigenvalue weighted by Crippen LogP contribution is 2.32. The van der Waals surface area contributed by atoms with E-state index >= 15 is 0 Å². The van der Waals surface area contributed by atoms with Gasteiger partial charge in [-0.05, 0) is 19.1 Å². The number of carbonyl (C=O) groups is 1. The highest BCUT2D eigenvalue weighted by molar-refractivity contribution is 5.90. The first-order valence-corrected chi connectivity index (χ1v) is 6.88. The third-order valence-corrected chi connectivity index (χ3v) is 2.90. The van der Waals surface area contributed by atoms with Crippen LogP contribution in [0.2, 0.25) is 0 Å². The van der Waals surface area contributed by atoms with Crippen molar-refractivity contribution in [2.24, 2.45) is 0 Å². The van der Waals surface area contributed by atoms with Gasteiger partial charge in [-0.3, -0.25) is 0 Å². The van der Waals surface area contributed by atoms with Crippen LogP contribution in [0.15, 0.2) is 30.5 Å². The summed E-state index contributed by atoms with van der Waals surface area (Å²) in [5.74, 6) is -1.04. The normalized spacial score (nSPS) is 11.0. The maximum Gasteiger partial charge on any atom is 0.434 e. The molecule has 0 aliphatic rings. The molecular formula is C15H14F3N3O3. The monoisotopic (exact) mass is 341 g/mol. The molecule has 1 N–H and O–H groups in total. The van der Waals surface area contributed by atoms with Crippen LogP contribution in [-0.2, 0) is 10.9 Å². The van der Waals surface area contributed by atoms with Crippen molar-refractivity contribution >= 4 is 17.6 Å². The lowest BCUT2D eigenvalue weighted by Crippen LogP contribution is -2.18. The summed E-state index contributed by atoms with van der Waals surface area (Å²) in [6.45, 7) is 2.16. The highest BCUT2D eigenvalue weighted by Gasteiger charge is 2.38. The van der Waals surface area contributed by atoms with Crippen LogP contribution < -0.4 is 10.1 Å². The number of para-hydroxylation sites is 2. The molecule has 24 heavy (non-hydrogen) atoms. The lowest BCUT2D eigenvalue weighted by Gasteiger charge is -2.14. The molecule has 0 amide bonds. The smallest absolute Gasteiger partial charge is 0.434 e. The predicted octanol–water partition coefficient (Wildman–Crippen LogP) is 3.42. The quantitative estimate of drug-likeness (QED) is 0.840. The highest BCUT2D eigenvalue weighted by atomic mass is 19.4.